The Morgan fingerprint density at radius 1 is 0.926 bits per heavy atom. The molecule has 1 aromatic heterocycles. The molecule has 0 atom stereocenters. The zero-order chi connectivity index (χ0) is 19.4. The fourth-order valence-electron chi connectivity index (χ4n) is 2.30. The van der Waals surface area contributed by atoms with Crippen LogP contribution in [0.25, 0.3) is 0 Å². The van der Waals surface area contributed by atoms with Crippen LogP contribution in [-0.4, -0.2) is 9.97 Å². The highest BCUT2D eigenvalue weighted by Crippen LogP contribution is 2.33. The highest BCUT2D eigenvalue weighted by atomic mass is 32.2. The second-order valence-corrected chi connectivity index (χ2v) is 7.01. The molecule has 0 aliphatic rings. The van der Waals surface area contributed by atoms with E-state index in [1.54, 1.807) is 18.2 Å². The minimum absolute atomic E-state index is 0.0213. The van der Waals surface area contributed by atoms with Crippen molar-refractivity contribution in [2.45, 2.75) is 30.9 Å². The molecule has 0 aliphatic heterocycles. The second-order valence-electron chi connectivity index (χ2n) is 6.06. The van der Waals surface area contributed by atoms with Crippen LogP contribution >= 0.6 is 11.8 Å². The number of ether oxygens (including phenoxy) is 1. The van der Waals surface area contributed by atoms with E-state index >= 15 is 0 Å². The molecule has 3 rings (SSSR count). The van der Waals surface area contributed by atoms with Crippen molar-refractivity contribution >= 4 is 11.8 Å². The van der Waals surface area contributed by atoms with E-state index in [0.29, 0.717) is 11.5 Å². The molecule has 0 aliphatic carbocycles. The molecular weight excluding hydrogens is 373 g/mol. The molecule has 3 aromatic rings. The molecule has 3 nitrogen and oxygen atoms in total. The molecule has 0 spiro atoms. The van der Waals surface area contributed by atoms with E-state index in [2.05, 4.69) is 9.97 Å². The number of nitrogens with zero attached hydrogens (tertiary/aromatic N) is 2. The summed E-state index contributed by atoms with van der Waals surface area (Å²) < 4.78 is 45.1. The first-order valence-corrected chi connectivity index (χ1v) is 9.17. The number of benzene rings is 2. The Morgan fingerprint density at radius 2 is 1.67 bits per heavy atom. The maximum atomic E-state index is 13.2. The van der Waals surface area contributed by atoms with Gasteiger partial charge in [-0.15, -0.1) is 0 Å². The first-order valence-electron chi connectivity index (χ1n) is 8.19. The van der Waals surface area contributed by atoms with Gasteiger partial charge in [-0.1, -0.05) is 53.7 Å². The van der Waals surface area contributed by atoms with Gasteiger partial charge in [0.2, 0.25) is 5.88 Å². The molecule has 0 saturated heterocycles. The number of aryl methyl sites for hydroxylation is 2. The topological polar surface area (TPSA) is 35.0 Å². The number of hydrogen-bond donors (Lipinski definition) is 0. The molecule has 0 amide bonds. The van der Waals surface area contributed by atoms with Crippen molar-refractivity contribution in [2.75, 3.05) is 0 Å². The lowest BCUT2D eigenvalue weighted by atomic mass is 10.2. The summed E-state index contributed by atoms with van der Waals surface area (Å²) in [6.45, 7) is 3.85. The van der Waals surface area contributed by atoms with Gasteiger partial charge in [-0.2, -0.15) is 18.2 Å². The molecule has 0 bridgehead atoms. The van der Waals surface area contributed by atoms with Gasteiger partial charge >= 0.3 is 6.18 Å². The third-order valence-electron chi connectivity index (χ3n) is 3.67. The summed E-state index contributed by atoms with van der Waals surface area (Å²) in [7, 11) is 0. The summed E-state index contributed by atoms with van der Waals surface area (Å²) in [6, 6.07) is 15.6. The third-order valence-corrected chi connectivity index (χ3v) is 4.59. The van der Waals surface area contributed by atoms with E-state index in [1.165, 1.54) is 0 Å². The van der Waals surface area contributed by atoms with Gasteiger partial charge in [-0.25, -0.2) is 4.98 Å². The van der Waals surface area contributed by atoms with Gasteiger partial charge in [0.25, 0.3) is 0 Å². The molecule has 2 aromatic carbocycles. The SMILES string of the molecule is Cc1ccc(CSc2nc(Oc3cccc(C)c3)cc(C(F)(F)F)n2)cc1. The number of rotatable bonds is 5. The minimum Gasteiger partial charge on any atom is -0.439 e. The Bertz CT molecular complexity index is 927. The first-order chi connectivity index (χ1) is 12.8. The quantitative estimate of drug-likeness (QED) is 0.384. The van der Waals surface area contributed by atoms with Crippen LogP contribution in [0.15, 0.2) is 59.8 Å². The fraction of sp³-hybridized carbons (Fsp3) is 0.200. The van der Waals surface area contributed by atoms with Crippen molar-refractivity contribution < 1.29 is 17.9 Å². The van der Waals surface area contributed by atoms with Crippen molar-refractivity contribution in [1.29, 1.82) is 0 Å². The number of halogens is 3. The predicted molar refractivity (Wildman–Crippen MR) is 99.0 cm³/mol. The van der Waals surface area contributed by atoms with Crippen LogP contribution in [0.5, 0.6) is 11.6 Å². The number of thioether (sulfide) groups is 1. The predicted octanol–water partition coefficient (Wildman–Crippen LogP) is 6.20. The van der Waals surface area contributed by atoms with Gasteiger partial charge in [-0.3, -0.25) is 0 Å². The van der Waals surface area contributed by atoms with Crippen molar-refractivity contribution in [2.24, 2.45) is 0 Å². The van der Waals surface area contributed by atoms with Crippen LogP contribution in [-0.2, 0) is 11.9 Å². The molecular formula is C20H17F3N2OS. The van der Waals surface area contributed by atoms with E-state index in [1.807, 2.05) is 44.2 Å². The lowest BCUT2D eigenvalue weighted by Crippen LogP contribution is -2.10. The number of alkyl halides is 3. The number of aromatic nitrogens is 2. The molecule has 0 radical (unpaired) electrons. The Balaban J connectivity index is 1.85. The van der Waals surface area contributed by atoms with E-state index in [-0.39, 0.29) is 11.0 Å². The standard InChI is InChI=1S/C20H17F3N2OS/c1-13-6-8-15(9-7-13)12-27-19-24-17(20(21,22)23)11-18(25-19)26-16-5-3-4-14(2)10-16/h3-11H,12H2,1-2H3. The van der Waals surface area contributed by atoms with E-state index in [0.717, 1.165) is 34.5 Å². The van der Waals surface area contributed by atoms with Crippen molar-refractivity contribution in [3.8, 4) is 11.6 Å². The molecule has 1 heterocycles. The lowest BCUT2D eigenvalue weighted by molar-refractivity contribution is -0.141. The molecule has 0 saturated carbocycles. The average Bonchev–Trinajstić information content (AvgIpc) is 2.60. The van der Waals surface area contributed by atoms with Crippen LogP contribution in [0.1, 0.15) is 22.4 Å². The van der Waals surface area contributed by atoms with Gasteiger partial charge in [0, 0.05) is 11.8 Å². The summed E-state index contributed by atoms with van der Waals surface area (Å²) in [5, 5.41) is 0.0213. The molecule has 7 heteroatoms. The fourth-order valence-corrected chi connectivity index (χ4v) is 3.10. The summed E-state index contributed by atoms with van der Waals surface area (Å²) in [5.74, 6) is 0.761. The van der Waals surface area contributed by atoms with Crippen LogP contribution < -0.4 is 4.74 Å². The lowest BCUT2D eigenvalue weighted by Gasteiger charge is -2.11. The van der Waals surface area contributed by atoms with Gasteiger partial charge in [0.05, 0.1) is 0 Å². The van der Waals surface area contributed by atoms with Crippen LogP contribution in [0.4, 0.5) is 13.2 Å². The van der Waals surface area contributed by atoms with E-state index in [9.17, 15) is 13.2 Å². The van der Waals surface area contributed by atoms with Crippen LogP contribution in [0, 0.1) is 13.8 Å². The average molecular weight is 390 g/mol. The van der Waals surface area contributed by atoms with Crippen molar-refractivity contribution in [3.63, 3.8) is 0 Å². The Kier molecular flexibility index (Phi) is 5.70. The zero-order valence-electron chi connectivity index (χ0n) is 14.7. The smallest absolute Gasteiger partial charge is 0.433 e. The van der Waals surface area contributed by atoms with Gasteiger partial charge in [0.15, 0.2) is 10.9 Å². The maximum Gasteiger partial charge on any atom is 0.433 e. The summed E-state index contributed by atoms with van der Waals surface area (Å²) in [4.78, 5) is 7.78. The van der Waals surface area contributed by atoms with Crippen molar-refractivity contribution in [3.05, 3.63) is 77.0 Å². The zero-order valence-corrected chi connectivity index (χ0v) is 15.6. The van der Waals surface area contributed by atoms with Crippen LogP contribution in [0.2, 0.25) is 0 Å². The summed E-state index contributed by atoms with van der Waals surface area (Å²) in [5.41, 5.74) is 2.01. The van der Waals surface area contributed by atoms with E-state index < -0.39 is 11.9 Å². The highest BCUT2D eigenvalue weighted by Gasteiger charge is 2.34. The van der Waals surface area contributed by atoms with Crippen LogP contribution in [0.3, 0.4) is 0 Å². The monoisotopic (exact) mass is 390 g/mol. The molecule has 140 valence electrons. The largest absolute Gasteiger partial charge is 0.439 e. The Labute approximate surface area is 159 Å². The Morgan fingerprint density at radius 3 is 2.33 bits per heavy atom. The number of hydrogen-bond acceptors (Lipinski definition) is 4. The van der Waals surface area contributed by atoms with Crippen molar-refractivity contribution in [1.82, 2.24) is 9.97 Å². The summed E-state index contributed by atoms with van der Waals surface area (Å²) >= 11 is 1.14. The second kappa shape index (κ2) is 8.00. The first kappa shape index (κ1) is 19.2. The summed E-state index contributed by atoms with van der Waals surface area (Å²) in [6.07, 6.45) is -4.58. The van der Waals surface area contributed by atoms with Gasteiger partial charge < -0.3 is 4.74 Å². The van der Waals surface area contributed by atoms with Gasteiger partial charge in [-0.05, 0) is 37.1 Å². The normalized spacial score (nSPS) is 11.4. The van der Waals surface area contributed by atoms with E-state index in [4.69, 9.17) is 4.74 Å². The minimum atomic E-state index is -4.58. The molecule has 0 N–H and O–H groups in total. The molecule has 27 heavy (non-hydrogen) atoms. The third kappa shape index (κ3) is 5.47. The maximum absolute atomic E-state index is 13.2. The molecule has 0 fully saturated rings. The Hall–Kier alpha value is -2.54. The molecule has 0 unspecified atom stereocenters. The highest BCUT2D eigenvalue weighted by molar-refractivity contribution is 7.98. The van der Waals surface area contributed by atoms with Gasteiger partial charge in [0.1, 0.15) is 5.75 Å².